The molecule has 0 aliphatic carbocycles. The second-order valence-electron chi connectivity index (χ2n) is 4.73. The summed E-state index contributed by atoms with van der Waals surface area (Å²) in [5.41, 5.74) is 1.29. The van der Waals surface area contributed by atoms with Crippen LogP contribution >= 0.6 is 0 Å². The molecule has 4 heteroatoms. The number of rotatable bonds is 4. The van der Waals surface area contributed by atoms with Gasteiger partial charge in [-0.15, -0.1) is 0 Å². The monoisotopic (exact) mass is 273 g/mol. The number of hydrogen-bond acceptors (Lipinski definition) is 3. The molecule has 2 aromatic rings. The first kappa shape index (κ1) is 14.2. The molecule has 0 saturated carbocycles. The molecular formula is C16H16FNO2. The zero-order valence-electron chi connectivity index (χ0n) is 11.4. The van der Waals surface area contributed by atoms with E-state index in [1.165, 1.54) is 18.2 Å². The van der Waals surface area contributed by atoms with Gasteiger partial charge in [-0.25, -0.2) is 4.39 Å². The summed E-state index contributed by atoms with van der Waals surface area (Å²) in [5.74, 6) is -1.10. The SMILES string of the molecule is CN(C)c1ccc(C(=O)C(O)c2ccccc2F)cc1. The van der Waals surface area contributed by atoms with Crippen molar-refractivity contribution in [3.05, 3.63) is 65.5 Å². The highest BCUT2D eigenvalue weighted by molar-refractivity contribution is 6.00. The minimum absolute atomic E-state index is 0.00538. The maximum Gasteiger partial charge on any atom is 0.195 e. The van der Waals surface area contributed by atoms with Gasteiger partial charge in [-0.05, 0) is 30.3 Å². The van der Waals surface area contributed by atoms with Crippen LogP contribution in [0.4, 0.5) is 10.1 Å². The first-order valence-corrected chi connectivity index (χ1v) is 6.25. The molecule has 0 saturated heterocycles. The Labute approximate surface area is 117 Å². The van der Waals surface area contributed by atoms with Crippen molar-refractivity contribution < 1.29 is 14.3 Å². The summed E-state index contributed by atoms with van der Waals surface area (Å²) in [6.07, 6.45) is -1.48. The van der Waals surface area contributed by atoms with E-state index >= 15 is 0 Å². The van der Waals surface area contributed by atoms with Crippen molar-refractivity contribution in [2.75, 3.05) is 19.0 Å². The van der Waals surface area contributed by atoms with Crippen molar-refractivity contribution >= 4 is 11.5 Å². The number of benzene rings is 2. The van der Waals surface area contributed by atoms with Gasteiger partial charge in [0.25, 0.3) is 0 Å². The fourth-order valence-electron chi connectivity index (χ4n) is 1.92. The van der Waals surface area contributed by atoms with Gasteiger partial charge in [-0.2, -0.15) is 0 Å². The van der Waals surface area contributed by atoms with Gasteiger partial charge in [0.2, 0.25) is 0 Å². The normalized spacial score (nSPS) is 12.0. The maximum atomic E-state index is 13.6. The van der Waals surface area contributed by atoms with Crippen molar-refractivity contribution in [3.63, 3.8) is 0 Å². The molecule has 0 aliphatic heterocycles. The smallest absolute Gasteiger partial charge is 0.195 e. The number of halogens is 1. The molecule has 20 heavy (non-hydrogen) atoms. The van der Waals surface area contributed by atoms with E-state index in [4.69, 9.17) is 0 Å². The summed E-state index contributed by atoms with van der Waals surface area (Å²) in [5, 5.41) is 10.0. The molecule has 0 amide bonds. The molecule has 0 aromatic heterocycles. The summed E-state index contributed by atoms with van der Waals surface area (Å²) >= 11 is 0. The van der Waals surface area contributed by atoms with E-state index in [-0.39, 0.29) is 5.56 Å². The minimum atomic E-state index is -1.48. The Morgan fingerprint density at radius 3 is 2.25 bits per heavy atom. The van der Waals surface area contributed by atoms with Gasteiger partial charge >= 0.3 is 0 Å². The molecular weight excluding hydrogens is 257 g/mol. The molecule has 1 N–H and O–H groups in total. The lowest BCUT2D eigenvalue weighted by molar-refractivity contribution is 0.0740. The van der Waals surface area contributed by atoms with E-state index in [1.807, 2.05) is 19.0 Å². The van der Waals surface area contributed by atoms with Gasteiger partial charge in [-0.1, -0.05) is 18.2 Å². The molecule has 0 aliphatic rings. The highest BCUT2D eigenvalue weighted by Gasteiger charge is 2.21. The summed E-state index contributed by atoms with van der Waals surface area (Å²) in [6, 6.07) is 12.5. The van der Waals surface area contributed by atoms with E-state index in [0.29, 0.717) is 5.56 Å². The van der Waals surface area contributed by atoms with Crippen LogP contribution in [0.1, 0.15) is 22.0 Å². The van der Waals surface area contributed by atoms with Crippen molar-refractivity contribution in [2.45, 2.75) is 6.10 Å². The number of anilines is 1. The Morgan fingerprint density at radius 1 is 1.10 bits per heavy atom. The van der Waals surface area contributed by atoms with Crippen LogP contribution in [0.15, 0.2) is 48.5 Å². The summed E-state index contributed by atoms with van der Waals surface area (Å²) in [4.78, 5) is 14.1. The lowest BCUT2D eigenvalue weighted by atomic mass is 9.99. The van der Waals surface area contributed by atoms with E-state index in [1.54, 1.807) is 30.3 Å². The first-order valence-electron chi connectivity index (χ1n) is 6.25. The first-order chi connectivity index (χ1) is 9.50. The van der Waals surface area contributed by atoms with Crippen molar-refractivity contribution in [1.29, 1.82) is 0 Å². The topological polar surface area (TPSA) is 40.5 Å². The molecule has 0 bridgehead atoms. The van der Waals surface area contributed by atoms with E-state index in [0.717, 1.165) is 5.69 Å². The Bertz CT molecular complexity index is 608. The van der Waals surface area contributed by atoms with Crippen molar-refractivity contribution in [1.82, 2.24) is 0 Å². The van der Waals surface area contributed by atoms with Gasteiger partial charge in [0.05, 0.1) is 0 Å². The number of carbonyl (C=O) groups excluding carboxylic acids is 1. The Balaban J connectivity index is 2.25. The standard InChI is InChI=1S/C16H16FNO2/c1-18(2)12-9-7-11(8-10-12)15(19)16(20)13-5-3-4-6-14(13)17/h3-10,16,20H,1-2H3. The average molecular weight is 273 g/mol. The van der Waals surface area contributed by atoms with Crippen LogP contribution in [0.5, 0.6) is 0 Å². The fraction of sp³-hybridized carbons (Fsp3) is 0.188. The molecule has 0 fully saturated rings. The molecule has 0 heterocycles. The number of Topliss-reactive ketones (excluding diaryl/α,β-unsaturated/α-hetero) is 1. The van der Waals surface area contributed by atoms with Gasteiger partial charge in [-0.3, -0.25) is 4.79 Å². The number of aliphatic hydroxyl groups excluding tert-OH is 1. The Kier molecular flexibility index (Phi) is 4.15. The van der Waals surface area contributed by atoms with Crippen molar-refractivity contribution in [3.8, 4) is 0 Å². The lowest BCUT2D eigenvalue weighted by Gasteiger charge is -2.14. The molecule has 3 nitrogen and oxygen atoms in total. The van der Waals surface area contributed by atoms with Crippen LogP contribution in [0.2, 0.25) is 0 Å². The van der Waals surface area contributed by atoms with Crippen LogP contribution in [-0.2, 0) is 0 Å². The van der Waals surface area contributed by atoms with Gasteiger partial charge in [0.15, 0.2) is 5.78 Å². The number of nitrogens with zero attached hydrogens (tertiary/aromatic N) is 1. The predicted octanol–water partition coefficient (Wildman–Crippen LogP) is 2.81. The highest BCUT2D eigenvalue weighted by Crippen LogP contribution is 2.22. The molecule has 1 atom stereocenters. The third-order valence-corrected chi connectivity index (χ3v) is 3.12. The van der Waals surface area contributed by atoms with Crippen LogP contribution in [0.3, 0.4) is 0 Å². The Morgan fingerprint density at radius 2 is 1.70 bits per heavy atom. The number of ketones is 1. The third-order valence-electron chi connectivity index (χ3n) is 3.12. The van der Waals surface area contributed by atoms with E-state index < -0.39 is 17.7 Å². The van der Waals surface area contributed by atoms with Crippen LogP contribution < -0.4 is 4.90 Å². The minimum Gasteiger partial charge on any atom is -0.380 e. The van der Waals surface area contributed by atoms with Crippen LogP contribution in [0.25, 0.3) is 0 Å². The van der Waals surface area contributed by atoms with Crippen molar-refractivity contribution in [2.24, 2.45) is 0 Å². The zero-order valence-corrected chi connectivity index (χ0v) is 11.4. The van der Waals surface area contributed by atoms with Crippen LogP contribution in [-0.4, -0.2) is 25.0 Å². The van der Waals surface area contributed by atoms with Gasteiger partial charge in [0.1, 0.15) is 11.9 Å². The second kappa shape index (κ2) is 5.84. The highest BCUT2D eigenvalue weighted by atomic mass is 19.1. The fourth-order valence-corrected chi connectivity index (χ4v) is 1.92. The van der Waals surface area contributed by atoms with E-state index in [9.17, 15) is 14.3 Å². The summed E-state index contributed by atoms with van der Waals surface area (Å²) < 4.78 is 13.6. The third kappa shape index (κ3) is 2.86. The molecule has 2 aromatic carbocycles. The number of carbonyl (C=O) groups is 1. The average Bonchev–Trinajstić information content (AvgIpc) is 2.46. The zero-order chi connectivity index (χ0) is 14.7. The molecule has 1 unspecified atom stereocenters. The lowest BCUT2D eigenvalue weighted by Crippen LogP contribution is -2.14. The summed E-state index contributed by atoms with van der Waals surface area (Å²) in [7, 11) is 3.79. The van der Waals surface area contributed by atoms with E-state index in [2.05, 4.69) is 0 Å². The van der Waals surface area contributed by atoms with Gasteiger partial charge in [0, 0.05) is 30.9 Å². The van der Waals surface area contributed by atoms with Crippen LogP contribution in [0, 0.1) is 5.82 Å². The Hall–Kier alpha value is -2.20. The number of hydrogen-bond donors (Lipinski definition) is 1. The quantitative estimate of drug-likeness (QED) is 0.871. The maximum absolute atomic E-state index is 13.6. The summed E-state index contributed by atoms with van der Waals surface area (Å²) in [6.45, 7) is 0. The predicted molar refractivity (Wildman–Crippen MR) is 76.5 cm³/mol. The largest absolute Gasteiger partial charge is 0.380 e. The molecule has 0 radical (unpaired) electrons. The number of aliphatic hydroxyl groups is 1. The second-order valence-corrected chi connectivity index (χ2v) is 4.73. The molecule has 0 spiro atoms. The molecule has 104 valence electrons. The molecule has 2 rings (SSSR count). The van der Waals surface area contributed by atoms with Gasteiger partial charge < -0.3 is 10.0 Å².